The maximum Gasteiger partial charge on any atom is 0.228 e. The predicted octanol–water partition coefficient (Wildman–Crippen LogP) is 3.25. The van der Waals surface area contributed by atoms with E-state index in [0.717, 1.165) is 63.8 Å². The lowest BCUT2D eigenvalue weighted by atomic mass is 9.77. The molecule has 3 fully saturated rings. The number of carbonyl (C=O) groups excluding carboxylic acids is 3. The monoisotopic (exact) mass is 500 g/mol. The molecule has 2 aromatic rings. The maximum atomic E-state index is 13.7. The van der Waals surface area contributed by atoms with E-state index >= 15 is 0 Å². The summed E-state index contributed by atoms with van der Waals surface area (Å²) in [5, 5.41) is 0. The molecule has 2 unspecified atom stereocenters. The van der Waals surface area contributed by atoms with E-state index in [4.69, 9.17) is 0 Å². The molecule has 194 valence electrons. The van der Waals surface area contributed by atoms with Gasteiger partial charge in [0.05, 0.1) is 12.0 Å². The third-order valence-corrected chi connectivity index (χ3v) is 9.46. The number of aromatic nitrogens is 1. The molecule has 37 heavy (non-hydrogen) atoms. The molecule has 3 aliphatic heterocycles. The number of fused-ring (bicyclic) bond motifs is 1. The minimum Gasteiger partial charge on any atom is -0.343 e. The Hall–Kier alpha value is -3.22. The zero-order chi connectivity index (χ0) is 25.6. The van der Waals surface area contributed by atoms with Gasteiger partial charge in [0, 0.05) is 58.5 Å². The molecule has 1 aromatic heterocycles. The van der Waals surface area contributed by atoms with Crippen molar-refractivity contribution in [2.24, 2.45) is 17.3 Å². The standard InChI is InChI=1S/C30H36N4O3/c1-32-26(35)18-25(28(32)24-7-4-11-31-19-24)29(37)34-14-10-30(20-34)8-12-33(13-9-30)27(36)17-21-15-22-5-2-3-6-23(22)16-21/h2-7,11,19,21,25,28H,8-10,12-18,20H2,1H3. The lowest BCUT2D eigenvalue weighted by Gasteiger charge is -2.39. The Morgan fingerprint density at radius 1 is 0.946 bits per heavy atom. The molecule has 0 N–H and O–H groups in total. The van der Waals surface area contributed by atoms with Crippen molar-refractivity contribution in [3.8, 4) is 0 Å². The Morgan fingerprint density at radius 2 is 1.62 bits per heavy atom. The third-order valence-electron chi connectivity index (χ3n) is 9.46. The number of hydrogen-bond acceptors (Lipinski definition) is 4. The highest BCUT2D eigenvalue weighted by molar-refractivity contribution is 5.90. The number of pyridine rings is 1. The first-order valence-corrected chi connectivity index (χ1v) is 13.7. The van der Waals surface area contributed by atoms with Gasteiger partial charge in [0.25, 0.3) is 0 Å². The lowest BCUT2D eigenvalue weighted by Crippen LogP contribution is -2.45. The zero-order valence-electron chi connectivity index (χ0n) is 21.6. The van der Waals surface area contributed by atoms with Crippen LogP contribution < -0.4 is 0 Å². The van der Waals surface area contributed by atoms with Crippen molar-refractivity contribution in [1.82, 2.24) is 19.7 Å². The fourth-order valence-electron chi connectivity index (χ4n) is 7.26. The highest BCUT2D eigenvalue weighted by Crippen LogP contribution is 2.44. The van der Waals surface area contributed by atoms with Gasteiger partial charge in [0.1, 0.15) is 0 Å². The Bertz CT molecular complexity index is 1170. The van der Waals surface area contributed by atoms with Crippen molar-refractivity contribution in [2.45, 2.75) is 51.0 Å². The lowest BCUT2D eigenvalue weighted by molar-refractivity contribution is -0.137. The summed E-state index contributed by atoms with van der Waals surface area (Å²) < 4.78 is 0. The topological polar surface area (TPSA) is 73.8 Å². The van der Waals surface area contributed by atoms with E-state index < -0.39 is 0 Å². The molecule has 3 saturated heterocycles. The molecule has 4 heterocycles. The number of carbonyl (C=O) groups is 3. The van der Waals surface area contributed by atoms with Gasteiger partial charge in [0.2, 0.25) is 17.7 Å². The van der Waals surface area contributed by atoms with Gasteiger partial charge in [-0.05, 0) is 66.2 Å². The number of benzene rings is 1. The molecular formula is C30H36N4O3. The molecule has 0 bridgehead atoms. The van der Waals surface area contributed by atoms with E-state index in [2.05, 4.69) is 34.1 Å². The molecule has 7 nitrogen and oxygen atoms in total. The van der Waals surface area contributed by atoms with Gasteiger partial charge in [-0.1, -0.05) is 30.3 Å². The molecule has 4 aliphatic rings. The fraction of sp³-hybridized carbons (Fsp3) is 0.533. The Balaban J connectivity index is 1.04. The number of amides is 3. The highest BCUT2D eigenvalue weighted by atomic mass is 16.2. The van der Waals surface area contributed by atoms with Crippen LogP contribution in [0.4, 0.5) is 0 Å². The third kappa shape index (κ3) is 4.53. The van der Waals surface area contributed by atoms with Gasteiger partial charge in [-0.3, -0.25) is 19.4 Å². The van der Waals surface area contributed by atoms with Crippen LogP contribution in [-0.4, -0.2) is 70.6 Å². The van der Waals surface area contributed by atoms with Gasteiger partial charge in [-0.2, -0.15) is 0 Å². The van der Waals surface area contributed by atoms with Crippen molar-refractivity contribution < 1.29 is 14.4 Å². The number of likely N-dealkylation sites (tertiary alicyclic amines) is 3. The SMILES string of the molecule is CN1C(=O)CC(C(=O)N2CCC3(CCN(C(=O)CC4Cc5ccccc5C4)CC3)C2)C1c1cccnc1. The van der Waals surface area contributed by atoms with Crippen molar-refractivity contribution in [3.05, 3.63) is 65.5 Å². The normalized spacial score (nSPS) is 25.2. The van der Waals surface area contributed by atoms with Crippen molar-refractivity contribution in [1.29, 1.82) is 0 Å². The average molecular weight is 501 g/mol. The van der Waals surface area contributed by atoms with Crippen molar-refractivity contribution >= 4 is 17.7 Å². The summed E-state index contributed by atoms with van der Waals surface area (Å²) in [5.74, 6) is 0.431. The summed E-state index contributed by atoms with van der Waals surface area (Å²) in [6.45, 7) is 3.04. The quantitative estimate of drug-likeness (QED) is 0.646. The fourth-order valence-corrected chi connectivity index (χ4v) is 7.26. The van der Waals surface area contributed by atoms with Crippen LogP contribution in [0.3, 0.4) is 0 Å². The van der Waals surface area contributed by atoms with Crippen LogP contribution >= 0.6 is 0 Å². The molecule has 1 aromatic carbocycles. The molecule has 0 saturated carbocycles. The first-order valence-electron chi connectivity index (χ1n) is 13.7. The van der Waals surface area contributed by atoms with Gasteiger partial charge >= 0.3 is 0 Å². The number of nitrogens with zero attached hydrogens (tertiary/aromatic N) is 4. The molecule has 6 rings (SSSR count). The highest BCUT2D eigenvalue weighted by Gasteiger charge is 2.48. The van der Waals surface area contributed by atoms with Crippen LogP contribution in [-0.2, 0) is 27.2 Å². The molecule has 1 aliphatic carbocycles. The Kier molecular flexibility index (Phi) is 6.25. The van der Waals surface area contributed by atoms with Crippen molar-refractivity contribution in [2.75, 3.05) is 33.2 Å². The molecule has 0 radical (unpaired) electrons. The second kappa shape index (κ2) is 9.58. The minimum atomic E-state index is -0.367. The van der Waals surface area contributed by atoms with E-state index in [1.807, 2.05) is 17.0 Å². The molecule has 7 heteroatoms. The molecule has 1 spiro atoms. The van der Waals surface area contributed by atoms with Crippen LogP contribution in [0.25, 0.3) is 0 Å². The van der Waals surface area contributed by atoms with E-state index in [0.29, 0.717) is 12.3 Å². The molecular weight excluding hydrogens is 464 g/mol. The van der Waals surface area contributed by atoms with Crippen LogP contribution in [0, 0.1) is 17.3 Å². The summed E-state index contributed by atoms with van der Waals surface area (Å²) in [6, 6.07) is 12.1. The van der Waals surface area contributed by atoms with E-state index in [1.54, 1.807) is 24.3 Å². The summed E-state index contributed by atoms with van der Waals surface area (Å²) in [5.41, 5.74) is 3.80. The Morgan fingerprint density at radius 3 is 2.27 bits per heavy atom. The van der Waals surface area contributed by atoms with E-state index in [1.165, 1.54) is 11.1 Å². The molecule has 3 amide bonds. The van der Waals surface area contributed by atoms with E-state index in [9.17, 15) is 14.4 Å². The summed E-state index contributed by atoms with van der Waals surface area (Å²) in [4.78, 5) is 49.3. The van der Waals surface area contributed by atoms with Gasteiger partial charge < -0.3 is 14.7 Å². The summed E-state index contributed by atoms with van der Waals surface area (Å²) in [6.07, 6.45) is 9.26. The second-order valence-electron chi connectivity index (χ2n) is 11.7. The number of rotatable bonds is 4. The predicted molar refractivity (Wildman–Crippen MR) is 139 cm³/mol. The first-order chi connectivity index (χ1) is 17.9. The number of piperidine rings is 1. The van der Waals surface area contributed by atoms with Crippen LogP contribution in [0.5, 0.6) is 0 Å². The summed E-state index contributed by atoms with van der Waals surface area (Å²) in [7, 11) is 1.79. The molecule has 2 atom stereocenters. The average Bonchev–Trinajstić information content (AvgIpc) is 3.60. The van der Waals surface area contributed by atoms with Gasteiger partial charge in [-0.25, -0.2) is 0 Å². The van der Waals surface area contributed by atoms with Gasteiger partial charge in [-0.15, -0.1) is 0 Å². The second-order valence-corrected chi connectivity index (χ2v) is 11.7. The van der Waals surface area contributed by atoms with Crippen LogP contribution in [0.1, 0.15) is 54.8 Å². The largest absolute Gasteiger partial charge is 0.343 e. The smallest absolute Gasteiger partial charge is 0.228 e. The van der Waals surface area contributed by atoms with Crippen molar-refractivity contribution in [3.63, 3.8) is 0 Å². The van der Waals surface area contributed by atoms with Crippen LogP contribution in [0.2, 0.25) is 0 Å². The number of hydrogen-bond donors (Lipinski definition) is 0. The zero-order valence-corrected chi connectivity index (χ0v) is 21.6. The van der Waals surface area contributed by atoms with Gasteiger partial charge in [0.15, 0.2) is 0 Å². The minimum absolute atomic E-state index is 0.0123. The van der Waals surface area contributed by atoms with Crippen LogP contribution in [0.15, 0.2) is 48.8 Å². The Labute approximate surface area is 218 Å². The summed E-state index contributed by atoms with van der Waals surface area (Å²) >= 11 is 0. The first kappa shape index (κ1) is 24.1. The van der Waals surface area contributed by atoms with E-state index in [-0.39, 0.29) is 41.5 Å². The maximum absolute atomic E-state index is 13.7.